The van der Waals surface area contributed by atoms with E-state index in [-0.39, 0.29) is 0 Å². The summed E-state index contributed by atoms with van der Waals surface area (Å²) >= 11 is 1.62. The molecule has 3 heteroatoms. The van der Waals surface area contributed by atoms with Crippen LogP contribution in [0.3, 0.4) is 0 Å². The number of thiazole rings is 1. The van der Waals surface area contributed by atoms with Gasteiger partial charge in [-0.2, -0.15) is 0 Å². The summed E-state index contributed by atoms with van der Waals surface area (Å²) < 4.78 is 2.09. The number of aromatic nitrogens is 2. The minimum atomic E-state index is 1.05. The molecule has 2 aromatic heterocycles. The topological polar surface area (TPSA) is 17.8 Å². The average Bonchev–Trinajstić information content (AvgIpc) is 3.03. The highest BCUT2D eigenvalue weighted by molar-refractivity contribution is 7.07. The smallest absolute Gasteiger partial charge is 0.0811 e. The molecule has 0 spiro atoms. The Labute approximate surface area is 97.8 Å². The number of hydrogen-bond acceptors (Lipinski definition) is 2. The van der Waals surface area contributed by atoms with Crippen LogP contribution in [0.25, 0.3) is 16.9 Å². The molecule has 0 saturated heterocycles. The highest BCUT2D eigenvalue weighted by Gasteiger charge is 2.00. The Balaban J connectivity index is 1.97. The van der Waals surface area contributed by atoms with Gasteiger partial charge in [0, 0.05) is 29.0 Å². The lowest BCUT2D eigenvalue weighted by molar-refractivity contribution is 1.08. The highest BCUT2D eigenvalue weighted by atomic mass is 32.1. The van der Waals surface area contributed by atoms with Crippen LogP contribution in [0.5, 0.6) is 0 Å². The summed E-state index contributed by atoms with van der Waals surface area (Å²) in [6.07, 6.45) is 4.08. The zero-order valence-electron chi connectivity index (χ0n) is 8.58. The third-order valence-corrected chi connectivity index (χ3v) is 3.08. The van der Waals surface area contributed by atoms with Gasteiger partial charge < -0.3 is 4.57 Å². The molecule has 3 rings (SSSR count). The molecule has 16 heavy (non-hydrogen) atoms. The van der Waals surface area contributed by atoms with E-state index in [4.69, 9.17) is 0 Å². The minimum Gasteiger partial charge on any atom is -0.324 e. The van der Waals surface area contributed by atoms with Crippen LogP contribution >= 0.6 is 11.3 Å². The summed E-state index contributed by atoms with van der Waals surface area (Å²) in [7, 11) is 0. The molecular formula is C13H10N2S. The van der Waals surface area contributed by atoms with Gasteiger partial charge in [-0.15, -0.1) is 11.3 Å². The van der Waals surface area contributed by atoms with E-state index in [1.165, 1.54) is 5.69 Å². The third kappa shape index (κ3) is 1.66. The Morgan fingerprint density at radius 2 is 1.75 bits per heavy atom. The van der Waals surface area contributed by atoms with Crippen LogP contribution in [-0.2, 0) is 0 Å². The number of hydrogen-bond donors (Lipinski definition) is 0. The van der Waals surface area contributed by atoms with Gasteiger partial charge in [-0.1, -0.05) is 12.1 Å². The van der Waals surface area contributed by atoms with Crippen LogP contribution in [0.15, 0.2) is 59.7 Å². The van der Waals surface area contributed by atoms with E-state index >= 15 is 0 Å². The molecule has 0 N–H and O–H groups in total. The van der Waals surface area contributed by atoms with Crippen LogP contribution in [-0.4, -0.2) is 9.55 Å². The van der Waals surface area contributed by atoms with Gasteiger partial charge in [0.1, 0.15) is 0 Å². The van der Waals surface area contributed by atoms with Crippen molar-refractivity contribution in [3.05, 3.63) is 59.7 Å². The predicted octanol–water partition coefficient (Wildman–Crippen LogP) is 3.60. The Morgan fingerprint density at radius 3 is 2.38 bits per heavy atom. The summed E-state index contributed by atoms with van der Waals surface area (Å²) in [4.78, 5) is 4.29. The first kappa shape index (κ1) is 9.36. The summed E-state index contributed by atoms with van der Waals surface area (Å²) in [5.74, 6) is 0. The van der Waals surface area contributed by atoms with Crippen molar-refractivity contribution in [1.29, 1.82) is 0 Å². The molecule has 0 atom stereocenters. The fourth-order valence-corrected chi connectivity index (χ4v) is 2.23. The molecule has 0 aliphatic rings. The Bertz CT molecular complexity index is 497. The number of nitrogens with zero attached hydrogens (tertiary/aromatic N) is 2. The van der Waals surface area contributed by atoms with Crippen LogP contribution in [0, 0.1) is 0 Å². The van der Waals surface area contributed by atoms with E-state index in [1.54, 1.807) is 11.3 Å². The van der Waals surface area contributed by atoms with Crippen LogP contribution in [0.1, 0.15) is 0 Å². The van der Waals surface area contributed by atoms with Crippen LogP contribution in [0.2, 0.25) is 0 Å². The molecule has 0 unspecified atom stereocenters. The Morgan fingerprint density at radius 1 is 1.00 bits per heavy atom. The lowest BCUT2D eigenvalue weighted by Crippen LogP contribution is -1.88. The molecule has 2 nitrogen and oxygen atoms in total. The minimum absolute atomic E-state index is 1.05. The van der Waals surface area contributed by atoms with E-state index in [0.29, 0.717) is 0 Å². The predicted molar refractivity (Wildman–Crippen MR) is 66.9 cm³/mol. The normalized spacial score (nSPS) is 10.5. The molecule has 78 valence electrons. The van der Waals surface area contributed by atoms with Crippen molar-refractivity contribution in [2.75, 3.05) is 0 Å². The van der Waals surface area contributed by atoms with E-state index in [2.05, 4.69) is 39.2 Å². The maximum atomic E-state index is 4.29. The molecule has 0 fully saturated rings. The van der Waals surface area contributed by atoms with Crippen molar-refractivity contribution >= 4 is 11.3 Å². The first-order chi connectivity index (χ1) is 7.93. The molecule has 3 aromatic rings. The van der Waals surface area contributed by atoms with E-state index in [0.717, 1.165) is 11.3 Å². The molecule has 0 amide bonds. The van der Waals surface area contributed by atoms with Crippen molar-refractivity contribution in [1.82, 2.24) is 9.55 Å². The van der Waals surface area contributed by atoms with Gasteiger partial charge in [0.05, 0.1) is 11.2 Å². The maximum Gasteiger partial charge on any atom is 0.0811 e. The second kappa shape index (κ2) is 3.94. The quantitative estimate of drug-likeness (QED) is 0.652. The van der Waals surface area contributed by atoms with Gasteiger partial charge in [0.2, 0.25) is 0 Å². The molecule has 0 saturated carbocycles. The van der Waals surface area contributed by atoms with E-state index in [9.17, 15) is 0 Å². The largest absolute Gasteiger partial charge is 0.324 e. The van der Waals surface area contributed by atoms with Gasteiger partial charge in [0.15, 0.2) is 0 Å². The molecule has 2 heterocycles. The second-order valence-corrected chi connectivity index (χ2v) is 4.23. The summed E-state index contributed by atoms with van der Waals surface area (Å²) in [5.41, 5.74) is 5.24. The standard InChI is InChI=1S/C13H10N2S/c1-2-8-15(7-1)12-5-3-11(4-6-12)13-9-16-10-14-13/h1-10H. The SMILES string of the molecule is c1ccn(-c2ccc(-c3cscn3)cc2)c1. The molecule has 0 radical (unpaired) electrons. The fraction of sp³-hybridized carbons (Fsp3) is 0. The number of benzene rings is 1. The van der Waals surface area contributed by atoms with Gasteiger partial charge in [0.25, 0.3) is 0 Å². The summed E-state index contributed by atoms with van der Waals surface area (Å²) in [6.45, 7) is 0. The zero-order valence-corrected chi connectivity index (χ0v) is 9.39. The molecule has 0 aliphatic carbocycles. The van der Waals surface area contributed by atoms with E-state index in [1.807, 2.05) is 30.0 Å². The molecule has 0 bridgehead atoms. The van der Waals surface area contributed by atoms with E-state index < -0.39 is 0 Å². The third-order valence-electron chi connectivity index (χ3n) is 2.50. The molecule has 0 aliphatic heterocycles. The zero-order chi connectivity index (χ0) is 10.8. The molecule has 1 aromatic carbocycles. The monoisotopic (exact) mass is 226 g/mol. The Kier molecular flexibility index (Phi) is 2.31. The lowest BCUT2D eigenvalue weighted by atomic mass is 10.1. The van der Waals surface area contributed by atoms with Crippen molar-refractivity contribution < 1.29 is 0 Å². The first-order valence-electron chi connectivity index (χ1n) is 5.05. The summed E-state index contributed by atoms with van der Waals surface area (Å²) in [5, 5.41) is 2.06. The van der Waals surface area contributed by atoms with Crippen molar-refractivity contribution in [2.24, 2.45) is 0 Å². The maximum absolute atomic E-state index is 4.29. The van der Waals surface area contributed by atoms with Gasteiger partial charge >= 0.3 is 0 Å². The fourth-order valence-electron chi connectivity index (χ4n) is 1.67. The summed E-state index contributed by atoms with van der Waals surface area (Å²) in [6, 6.07) is 12.5. The molecular weight excluding hydrogens is 216 g/mol. The van der Waals surface area contributed by atoms with Crippen molar-refractivity contribution in [2.45, 2.75) is 0 Å². The average molecular weight is 226 g/mol. The van der Waals surface area contributed by atoms with Gasteiger partial charge in [-0.25, -0.2) is 4.98 Å². The van der Waals surface area contributed by atoms with Gasteiger partial charge in [-0.05, 0) is 24.3 Å². The van der Waals surface area contributed by atoms with Crippen LogP contribution < -0.4 is 0 Å². The first-order valence-corrected chi connectivity index (χ1v) is 6.00. The van der Waals surface area contributed by atoms with Crippen molar-refractivity contribution in [3.8, 4) is 16.9 Å². The highest BCUT2D eigenvalue weighted by Crippen LogP contribution is 2.20. The van der Waals surface area contributed by atoms with Crippen molar-refractivity contribution in [3.63, 3.8) is 0 Å². The van der Waals surface area contributed by atoms with Crippen LogP contribution in [0.4, 0.5) is 0 Å². The Hall–Kier alpha value is -1.87. The second-order valence-electron chi connectivity index (χ2n) is 3.51. The lowest BCUT2D eigenvalue weighted by Gasteiger charge is -2.03. The van der Waals surface area contributed by atoms with Gasteiger partial charge in [-0.3, -0.25) is 0 Å². The number of rotatable bonds is 2.